The standard InChI is InChI=1S/C14H10BrNOS/c15-11-6-8-18-14(11)13(17)10-5-1-3-9-4-2-7-16-12(9)10/h1-8,13,17H. The van der Waals surface area contributed by atoms with Gasteiger partial charge in [-0.2, -0.15) is 0 Å². The van der Waals surface area contributed by atoms with Crippen molar-refractivity contribution in [2.24, 2.45) is 0 Å². The van der Waals surface area contributed by atoms with Crippen LogP contribution < -0.4 is 0 Å². The number of halogens is 1. The molecule has 1 aromatic carbocycles. The van der Waals surface area contributed by atoms with Crippen molar-refractivity contribution >= 4 is 38.2 Å². The Balaban J connectivity index is 2.18. The highest BCUT2D eigenvalue weighted by Crippen LogP contribution is 2.35. The van der Waals surface area contributed by atoms with Crippen LogP contribution in [0.4, 0.5) is 0 Å². The van der Waals surface area contributed by atoms with Crippen molar-refractivity contribution in [3.63, 3.8) is 0 Å². The van der Waals surface area contributed by atoms with E-state index in [1.807, 2.05) is 41.8 Å². The Morgan fingerprint density at radius 1 is 1.17 bits per heavy atom. The summed E-state index contributed by atoms with van der Waals surface area (Å²) >= 11 is 4.99. The van der Waals surface area contributed by atoms with E-state index in [9.17, 15) is 5.11 Å². The molecule has 0 spiro atoms. The Morgan fingerprint density at radius 2 is 2.00 bits per heavy atom. The minimum Gasteiger partial charge on any atom is -0.383 e. The number of para-hydroxylation sites is 1. The summed E-state index contributed by atoms with van der Waals surface area (Å²) in [5, 5.41) is 13.5. The van der Waals surface area contributed by atoms with Gasteiger partial charge in [-0.3, -0.25) is 4.98 Å². The van der Waals surface area contributed by atoms with Crippen LogP contribution >= 0.6 is 27.3 Å². The van der Waals surface area contributed by atoms with Gasteiger partial charge in [-0.05, 0) is 33.4 Å². The smallest absolute Gasteiger partial charge is 0.116 e. The maximum absolute atomic E-state index is 10.5. The Hall–Kier alpha value is -1.23. The molecule has 0 radical (unpaired) electrons. The van der Waals surface area contributed by atoms with Crippen LogP contribution in [0.1, 0.15) is 16.5 Å². The van der Waals surface area contributed by atoms with Crippen molar-refractivity contribution in [3.05, 3.63) is 62.9 Å². The number of aromatic nitrogens is 1. The molecule has 2 aromatic heterocycles. The summed E-state index contributed by atoms with van der Waals surface area (Å²) in [5.41, 5.74) is 1.70. The molecule has 0 saturated carbocycles. The van der Waals surface area contributed by atoms with Crippen LogP contribution in [-0.2, 0) is 0 Å². The zero-order valence-electron chi connectivity index (χ0n) is 9.38. The van der Waals surface area contributed by atoms with E-state index in [4.69, 9.17) is 0 Å². The van der Waals surface area contributed by atoms with E-state index >= 15 is 0 Å². The van der Waals surface area contributed by atoms with Crippen LogP contribution in [0.25, 0.3) is 10.9 Å². The van der Waals surface area contributed by atoms with Crippen molar-refractivity contribution < 1.29 is 5.11 Å². The zero-order valence-corrected chi connectivity index (χ0v) is 11.8. The lowest BCUT2D eigenvalue weighted by atomic mass is 10.0. The van der Waals surface area contributed by atoms with Crippen LogP contribution in [0.15, 0.2) is 52.4 Å². The second kappa shape index (κ2) is 4.80. The molecule has 2 heterocycles. The number of benzene rings is 1. The van der Waals surface area contributed by atoms with Crippen LogP contribution in [-0.4, -0.2) is 10.1 Å². The molecule has 2 nitrogen and oxygen atoms in total. The molecular formula is C14H10BrNOS. The second-order valence-electron chi connectivity index (χ2n) is 3.96. The fourth-order valence-corrected chi connectivity index (χ4v) is 3.58. The first kappa shape index (κ1) is 11.8. The highest BCUT2D eigenvalue weighted by Gasteiger charge is 2.17. The van der Waals surface area contributed by atoms with Gasteiger partial charge in [0.05, 0.1) is 10.4 Å². The highest BCUT2D eigenvalue weighted by atomic mass is 79.9. The number of aliphatic hydroxyl groups is 1. The molecule has 1 unspecified atom stereocenters. The summed E-state index contributed by atoms with van der Waals surface area (Å²) in [6.45, 7) is 0. The van der Waals surface area contributed by atoms with E-state index in [-0.39, 0.29) is 0 Å². The molecule has 1 N–H and O–H groups in total. The van der Waals surface area contributed by atoms with Gasteiger partial charge in [-0.25, -0.2) is 0 Å². The predicted molar refractivity (Wildman–Crippen MR) is 77.8 cm³/mol. The normalized spacial score (nSPS) is 12.8. The average molecular weight is 320 g/mol. The van der Waals surface area contributed by atoms with Gasteiger partial charge in [0.1, 0.15) is 6.10 Å². The SMILES string of the molecule is OC(c1sccc1Br)c1cccc2cccnc12. The summed E-state index contributed by atoms with van der Waals surface area (Å²) in [4.78, 5) is 5.28. The van der Waals surface area contributed by atoms with E-state index < -0.39 is 6.10 Å². The van der Waals surface area contributed by atoms with Crippen molar-refractivity contribution in [1.29, 1.82) is 0 Å². The highest BCUT2D eigenvalue weighted by molar-refractivity contribution is 9.10. The number of aliphatic hydroxyl groups excluding tert-OH is 1. The minimum atomic E-state index is -0.641. The van der Waals surface area contributed by atoms with E-state index in [0.29, 0.717) is 0 Å². The van der Waals surface area contributed by atoms with Gasteiger partial charge in [0.2, 0.25) is 0 Å². The second-order valence-corrected chi connectivity index (χ2v) is 5.76. The quantitative estimate of drug-likeness (QED) is 0.770. The predicted octanol–water partition coefficient (Wildman–Crippen LogP) is 4.14. The molecule has 0 aliphatic heterocycles. The maximum Gasteiger partial charge on any atom is 0.116 e. The van der Waals surface area contributed by atoms with Gasteiger partial charge >= 0.3 is 0 Å². The summed E-state index contributed by atoms with van der Waals surface area (Å²) in [7, 11) is 0. The molecule has 4 heteroatoms. The molecule has 3 rings (SSSR count). The number of pyridine rings is 1. The Labute approximate surface area is 117 Å². The van der Waals surface area contributed by atoms with E-state index in [1.165, 1.54) is 11.3 Å². The molecule has 1 atom stereocenters. The van der Waals surface area contributed by atoms with Crippen molar-refractivity contribution in [1.82, 2.24) is 4.98 Å². The van der Waals surface area contributed by atoms with E-state index in [2.05, 4.69) is 20.9 Å². The van der Waals surface area contributed by atoms with Gasteiger partial charge in [0, 0.05) is 21.6 Å². The summed E-state index contributed by atoms with van der Waals surface area (Å²) in [6.07, 6.45) is 1.11. The maximum atomic E-state index is 10.5. The number of nitrogens with zero attached hydrogens (tertiary/aromatic N) is 1. The van der Waals surface area contributed by atoms with Crippen molar-refractivity contribution in [2.75, 3.05) is 0 Å². The number of thiophene rings is 1. The number of fused-ring (bicyclic) bond motifs is 1. The van der Waals surface area contributed by atoms with Crippen LogP contribution in [0.2, 0.25) is 0 Å². The van der Waals surface area contributed by atoms with Crippen LogP contribution in [0, 0.1) is 0 Å². The van der Waals surface area contributed by atoms with Gasteiger partial charge in [0.25, 0.3) is 0 Å². The first-order chi connectivity index (χ1) is 8.77. The molecule has 0 fully saturated rings. The van der Waals surface area contributed by atoms with Crippen LogP contribution in [0.5, 0.6) is 0 Å². The molecular weight excluding hydrogens is 310 g/mol. The van der Waals surface area contributed by atoms with Crippen molar-refractivity contribution in [2.45, 2.75) is 6.10 Å². The molecule has 0 amide bonds. The number of rotatable bonds is 2. The Bertz CT molecular complexity index is 690. The number of hydrogen-bond donors (Lipinski definition) is 1. The Morgan fingerprint density at radius 3 is 2.78 bits per heavy atom. The summed E-state index contributed by atoms with van der Waals surface area (Å²) in [5.74, 6) is 0. The van der Waals surface area contributed by atoms with Gasteiger partial charge in [0.15, 0.2) is 0 Å². The topological polar surface area (TPSA) is 33.1 Å². The minimum absolute atomic E-state index is 0.641. The fraction of sp³-hybridized carbons (Fsp3) is 0.0714. The fourth-order valence-electron chi connectivity index (χ4n) is 1.99. The summed E-state index contributed by atoms with van der Waals surface area (Å²) in [6, 6.07) is 11.7. The Kier molecular flexibility index (Phi) is 3.16. The third kappa shape index (κ3) is 1.96. The lowest BCUT2D eigenvalue weighted by molar-refractivity contribution is 0.225. The summed E-state index contributed by atoms with van der Waals surface area (Å²) < 4.78 is 0.938. The average Bonchev–Trinajstić information content (AvgIpc) is 2.83. The van der Waals surface area contributed by atoms with E-state index in [1.54, 1.807) is 6.20 Å². The first-order valence-electron chi connectivity index (χ1n) is 5.52. The largest absolute Gasteiger partial charge is 0.383 e. The third-order valence-electron chi connectivity index (χ3n) is 2.85. The molecule has 3 aromatic rings. The molecule has 0 saturated heterocycles. The van der Waals surface area contributed by atoms with Crippen LogP contribution in [0.3, 0.4) is 0 Å². The molecule has 0 aliphatic carbocycles. The molecule has 18 heavy (non-hydrogen) atoms. The molecule has 0 aliphatic rings. The third-order valence-corrected chi connectivity index (χ3v) is 4.77. The van der Waals surface area contributed by atoms with Gasteiger partial charge < -0.3 is 5.11 Å². The first-order valence-corrected chi connectivity index (χ1v) is 7.19. The molecule has 0 bridgehead atoms. The van der Waals surface area contributed by atoms with Crippen molar-refractivity contribution in [3.8, 4) is 0 Å². The zero-order chi connectivity index (χ0) is 12.5. The number of hydrogen-bond acceptors (Lipinski definition) is 3. The van der Waals surface area contributed by atoms with Gasteiger partial charge in [-0.15, -0.1) is 11.3 Å². The monoisotopic (exact) mass is 319 g/mol. The van der Waals surface area contributed by atoms with Gasteiger partial charge in [-0.1, -0.05) is 24.3 Å². The van der Waals surface area contributed by atoms with E-state index in [0.717, 1.165) is 25.8 Å². The lowest BCUT2D eigenvalue weighted by Crippen LogP contribution is -1.99. The molecule has 90 valence electrons. The lowest BCUT2D eigenvalue weighted by Gasteiger charge is -2.12.